The van der Waals surface area contributed by atoms with E-state index in [9.17, 15) is 9.90 Å². The van der Waals surface area contributed by atoms with E-state index in [1.54, 1.807) is 12.1 Å². The predicted molar refractivity (Wildman–Crippen MR) is 83.9 cm³/mol. The summed E-state index contributed by atoms with van der Waals surface area (Å²) in [5.74, 6) is 0.182. The van der Waals surface area contributed by atoms with Crippen molar-refractivity contribution < 1.29 is 14.6 Å². The Kier molecular flexibility index (Phi) is 4.43. The van der Waals surface area contributed by atoms with Gasteiger partial charge in [-0.3, -0.25) is 4.79 Å². The number of aryl methyl sites for hydroxylation is 2. The third-order valence-electron chi connectivity index (χ3n) is 3.30. The summed E-state index contributed by atoms with van der Waals surface area (Å²) in [6.07, 6.45) is 3.33. The highest BCUT2D eigenvalue weighted by atomic mass is 16.5. The van der Waals surface area contributed by atoms with Gasteiger partial charge in [0.25, 0.3) is 0 Å². The lowest BCUT2D eigenvalue weighted by atomic mass is 10.0. The fraction of sp³-hybridized carbons (Fsp3) is 0.167. The number of hydrogen-bond acceptors (Lipinski definition) is 3. The van der Waals surface area contributed by atoms with E-state index in [0.717, 1.165) is 11.1 Å². The van der Waals surface area contributed by atoms with Crippen LogP contribution in [0.15, 0.2) is 42.5 Å². The molecule has 0 aliphatic rings. The van der Waals surface area contributed by atoms with Crippen molar-refractivity contribution in [1.82, 2.24) is 0 Å². The average molecular weight is 282 g/mol. The minimum atomic E-state index is -0.131. The Morgan fingerprint density at radius 2 is 1.90 bits per heavy atom. The SMILES string of the molecule is COc1cc(C(=O)C=Cc2ccc(C)cc2C)ccc1O. The Morgan fingerprint density at radius 1 is 1.14 bits per heavy atom. The largest absolute Gasteiger partial charge is 0.504 e. The normalized spacial score (nSPS) is 10.8. The van der Waals surface area contributed by atoms with Gasteiger partial charge in [-0.05, 0) is 49.2 Å². The molecule has 2 rings (SSSR count). The second-order valence-electron chi connectivity index (χ2n) is 4.94. The van der Waals surface area contributed by atoms with Crippen LogP contribution in [-0.2, 0) is 0 Å². The maximum atomic E-state index is 12.2. The van der Waals surface area contributed by atoms with Crippen LogP contribution in [0.25, 0.3) is 6.08 Å². The molecule has 0 radical (unpaired) electrons. The molecule has 0 spiro atoms. The minimum Gasteiger partial charge on any atom is -0.504 e. The van der Waals surface area contributed by atoms with Gasteiger partial charge >= 0.3 is 0 Å². The van der Waals surface area contributed by atoms with Crippen molar-refractivity contribution in [3.63, 3.8) is 0 Å². The topological polar surface area (TPSA) is 46.5 Å². The third-order valence-corrected chi connectivity index (χ3v) is 3.30. The molecule has 0 saturated carbocycles. The summed E-state index contributed by atoms with van der Waals surface area (Å²) in [7, 11) is 1.45. The molecule has 108 valence electrons. The molecule has 0 bridgehead atoms. The second kappa shape index (κ2) is 6.27. The van der Waals surface area contributed by atoms with Gasteiger partial charge < -0.3 is 9.84 Å². The Morgan fingerprint density at radius 3 is 2.57 bits per heavy atom. The number of methoxy groups -OCH3 is 1. The van der Waals surface area contributed by atoms with Crippen LogP contribution in [0, 0.1) is 13.8 Å². The molecule has 0 fully saturated rings. The average Bonchev–Trinajstić information content (AvgIpc) is 2.46. The smallest absolute Gasteiger partial charge is 0.185 e. The first-order chi connectivity index (χ1) is 10.0. The van der Waals surface area contributed by atoms with Crippen LogP contribution in [0.2, 0.25) is 0 Å². The van der Waals surface area contributed by atoms with E-state index < -0.39 is 0 Å². The number of phenolic OH excluding ortho intramolecular Hbond substituents is 1. The van der Waals surface area contributed by atoms with Crippen molar-refractivity contribution in [3.05, 3.63) is 64.7 Å². The highest BCUT2D eigenvalue weighted by molar-refractivity contribution is 6.07. The number of ether oxygens (including phenoxy) is 1. The van der Waals surface area contributed by atoms with Crippen LogP contribution in [0.4, 0.5) is 0 Å². The highest BCUT2D eigenvalue weighted by Gasteiger charge is 2.07. The van der Waals surface area contributed by atoms with Crippen LogP contribution in [0.1, 0.15) is 27.0 Å². The van der Waals surface area contributed by atoms with Crippen molar-refractivity contribution in [2.75, 3.05) is 7.11 Å². The molecule has 2 aromatic carbocycles. The van der Waals surface area contributed by atoms with Gasteiger partial charge in [-0.25, -0.2) is 0 Å². The molecule has 0 saturated heterocycles. The summed E-state index contributed by atoms with van der Waals surface area (Å²) in [6, 6.07) is 10.6. The number of hydrogen-bond donors (Lipinski definition) is 1. The van der Waals surface area contributed by atoms with Crippen molar-refractivity contribution in [1.29, 1.82) is 0 Å². The zero-order valence-corrected chi connectivity index (χ0v) is 12.4. The number of carbonyl (C=O) groups is 1. The molecular weight excluding hydrogens is 264 g/mol. The summed E-state index contributed by atoms with van der Waals surface area (Å²) < 4.78 is 5.00. The third kappa shape index (κ3) is 3.51. The van der Waals surface area contributed by atoms with E-state index in [0.29, 0.717) is 11.3 Å². The molecule has 21 heavy (non-hydrogen) atoms. The number of phenols is 1. The van der Waals surface area contributed by atoms with E-state index in [-0.39, 0.29) is 11.5 Å². The quantitative estimate of drug-likeness (QED) is 0.683. The van der Waals surface area contributed by atoms with Crippen molar-refractivity contribution >= 4 is 11.9 Å². The van der Waals surface area contributed by atoms with Gasteiger partial charge in [-0.2, -0.15) is 0 Å². The molecule has 0 heterocycles. The van der Waals surface area contributed by atoms with Gasteiger partial charge in [-0.1, -0.05) is 29.8 Å². The molecule has 0 aliphatic carbocycles. The monoisotopic (exact) mass is 282 g/mol. The lowest BCUT2D eigenvalue weighted by molar-refractivity contribution is 0.104. The van der Waals surface area contributed by atoms with Crippen LogP contribution < -0.4 is 4.74 Å². The number of rotatable bonds is 4. The van der Waals surface area contributed by atoms with E-state index in [4.69, 9.17) is 4.74 Å². The first kappa shape index (κ1) is 14.9. The maximum absolute atomic E-state index is 12.2. The van der Waals surface area contributed by atoms with Crippen molar-refractivity contribution in [2.45, 2.75) is 13.8 Å². The van der Waals surface area contributed by atoms with E-state index in [1.807, 2.05) is 26.0 Å². The van der Waals surface area contributed by atoms with E-state index >= 15 is 0 Å². The van der Waals surface area contributed by atoms with E-state index in [2.05, 4.69) is 6.07 Å². The highest BCUT2D eigenvalue weighted by Crippen LogP contribution is 2.26. The lowest BCUT2D eigenvalue weighted by Gasteiger charge is -2.04. The fourth-order valence-electron chi connectivity index (χ4n) is 2.11. The van der Waals surface area contributed by atoms with Crippen LogP contribution in [0.5, 0.6) is 11.5 Å². The van der Waals surface area contributed by atoms with E-state index in [1.165, 1.54) is 30.9 Å². The van der Waals surface area contributed by atoms with Gasteiger partial charge in [0, 0.05) is 5.56 Å². The standard InChI is InChI=1S/C18H18O3/c1-12-4-5-14(13(2)10-12)6-8-16(19)15-7-9-17(20)18(11-15)21-3/h4-11,20H,1-3H3. The van der Waals surface area contributed by atoms with Gasteiger partial charge in [-0.15, -0.1) is 0 Å². The lowest BCUT2D eigenvalue weighted by Crippen LogP contribution is -1.95. The molecule has 3 heteroatoms. The molecule has 0 aromatic heterocycles. The summed E-state index contributed by atoms with van der Waals surface area (Å²) in [5.41, 5.74) is 3.81. The number of aromatic hydroxyl groups is 1. The van der Waals surface area contributed by atoms with Gasteiger partial charge in [0.15, 0.2) is 17.3 Å². The van der Waals surface area contributed by atoms with Gasteiger partial charge in [0.05, 0.1) is 7.11 Å². The fourth-order valence-corrected chi connectivity index (χ4v) is 2.11. The second-order valence-corrected chi connectivity index (χ2v) is 4.94. The molecule has 0 amide bonds. The van der Waals surface area contributed by atoms with Gasteiger partial charge in [0.2, 0.25) is 0 Å². The van der Waals surface area contributed by atoms with Crippen molar-refractivity contribution in [2.24, 2.45) is 0 Å². The number of allylic oxidation sites excluding steroid dienone is 1. The predicted octanol–water partition coefficient (Wildman–Crippen LogP) is 3.91. The summed E-state index contributed by atoms with van der Waals surface area (Å²) >= 11 is 0. The number of carbonyl (C=O) groups excluding carboxylic acids is 1. The Hall–Kier alpha value is -2.55. The summed E-state index contributed by atoms with van der Waals surface area (Å²) in [5, 5.41) is 9.53. The van der Waals surface area contributed by atoms with Gasteiger partial charge in [0.1, 0.15) is 0 Å². The molecule has 0 unspecified atom stereocenters. The van der Waals surface area contributed by atoms with Crippen molar-refractivity contribution in [3.8, 4) is 11.5 Å². The Balaban J connectivity index is 2.23. The maximum Gasteiger partial charge on any atom is 0.185 e. The molecule has 3 nitrogen and oxygen atoms in total. The molecule has 0 atom stereocenters. The summed E-state index contributed by atoms with van der Waals surface area (Å²) in [6.45, 7) is 4.05. The number of benzene rings is 2. The first-order valence-electron chi connectivity index (χ1n) is 6.68. The molecule has 1 N–H and O–H groups in total. The minimum absolute atomic E-state index is 0.0207. The molecule has 0 aliphatic heterocycles. The molecule has 2 aromatic rings. The van der Waals surface area contributed by atoms with Crippen LogP contribution >= 0.6 is 0 Å². The zero-order valence-electron chi connectivity index (χ0n) is 12.4. The van der Waals surface area contributed by atoms with Crippen LogP contribution in [0.3, 0.4) is 0 Å². The molecular formula is C18H18O3. The zero-order chi connectivity index (χ0) is 15.4. The first-order valence-corrected chi connectivity index (χ1v) is 6.68. The number of ketones is 1. The van der Waals surface area contributed by atoms with Crippen LogP contribution in [-0.4, -0.2) is 18.0 Å². The Labute approximate surface area is 124 Å². The summed E-state index contributed by atoms with van der Waals surface area (Å²) in [4.78, 5) is 12.2. The Bertz CT molecular complexity index is 700.